The lowest BCUT2D eigenvalue weighted by Gasteiger charge is -2.31. The van der Waals surface area contributed by atoms with Crippen LogP contribution in [-0.2, 0) is 6.54 Å². The molecule has 0 saturated carbocycles. The molecule has 0 radical (unpaired) electrons. The maximum atomic E-state index is 9.78. The molecule has 180 valence electrons. The van der Waals surface area contributed by atoms with Crippen LogP contribution < -0.4 is 5.32 Å². The van der Waals surface area contributed by atoms with Crippen molar-refractivity contribution in [2.45, 2.75) is 25.4 Å². The van der Waals surface area contributed by atoms with Gasteiger partial charge < -0.3 is 15.4 Å². The number of para-hydroxylation sites is 2. The summed E-state index contributed by atoms with van der Waals surface area (Å²) in [6, 6.07) is 18.4. The van der Waals surface area contributed by atoms with E-state index in [2.05, 4.69) is 72.5 Å². The molecule has 1 fully saturated rings. The fourth-order valence-corrected chi connectivity index (χ4v) is 4.95. The van der Waals surface area contributed by atoms with Crippen LogP contribution in [0, 0.1) is 0 Å². The van der Waals surface area contributed by atoms with Crippen LogP contribution in [0.25, 0.3) is 27.8 Å². The minimum atomic E-state index is 0.222. The fraction of sp³-hybridized carbons (Fsp3) is 0.259. The lowest BCUT2D eigenvalue weighted by atomic mass is 10.0. The third kappa shape index (κ3) is 5.24. The van der Waals surface area contributed by atoms with Crippen LogP contribution in [0.5, 0.6) is 5.75 Å². The van der Waals surface area contributed by atoms with Gasteiger partial charge in [0.15, 0.2) is 5.65 Å². The Hall–Kier alpha value is -3.20. The number of likely N-dealkylation sites (tertiary alicyclic amines) is 1. The molecule has 3 N–H and O–H groups in total. The first kappa shape index (κ1) is 23.5. The van der Waals surface area contributed by atoms with E-state index in [1.807, 2.05) is 30.6 Å². The normalized spacial score (nSPS) is 14.8. The van der Waals surface area contributed by atoms with Crippen molar-refractivity contribution in [1.82, 2.24) is 29.8 Å². The number of phenolic OH excluding ortho intramolecular Hbond substituents is 1. The Morgan fingerprint density at radius 3 is 2.71 bits per heavy atom. The summed E-state index contributed by atoms with van der Waals surface area (Å²) in [7, 11) is 2.07. The number of nitrogens with one attached hydrogen (secondary N) is 2. The molecule has 7 nitrogen and oxygen atoms in total. The van der Waals surface area contributed by atoms with Crippen LogP contribution in [0.2, 0.25) is 0 Å². The van der Waals surface area contributed by atoms with Crippen molar-refractivity contribution >= 4 is 32.5 Å². The van der Waals surface area contributed by atoms with Gasteiger partial charge in [0.2, 0.25) is 0 Å². The summed E-state index contributed by atoms with van der Waals surface area (Å²) in [6.45, 7) is 3.46. The van der Waals surface area contributed by atoms with Gasteiger partial charge in [-0.25, -0.2) is 9.50 Å². The van der Waals surface area contributed by atoms with E-state index >= 15 is 0 Å². The number of nitrogens with zero attached hydrogens (tertiary/aromatic N) is 4. The van der Waals surface area contributed by atoms with Gasteiger partial charge in [0.05, 0.1) is 16.4 Å². The highest BCUT2D eigenvalue weighted by atomic mass is 79.9. The van der Waals surface area contributed by atoms with Crippen molar-refractivity contribution in [3.05, 3.63) is 83.2 Å². The monoisotopic (exact) mass is 532 g/mol. The van der Waals surface area contributed by atoms with Crippen molar-refractivity contribution in [1.29, 1.82) is 0 Å². The fourth-order valence-electron chi connectivity index (χ4n) is 4.58. The Bertz CT molecular complexity index is 1420. The van der Waals surface area contributed by atoms with Crippen molar-refractivity contribution in [3.8, 4) is 17.0 Å². The zero-order valence-electron chi connectivity index (χ0n) is 19.7. The highest BCUT2D eigenvalue weighted by Crippen LogP contribution is 2.28. The molecule has 0 amide bonds. The summed E-state index contributed by atoms with van der Waals surface area (Å²) >= 11 is 3.38. The van der Waals surface area contributed by atoms with Gasteiger partial charge in [-0.1, -0.05) is 30.3 Å². The Balaban J connectivity index is 0.000000145. The average molecular weight is 533 g/mol. The van der Waals surface area contributed by atoms with Gasteiger partial charge in [0.25, 0.3) is 0 Å². The van der Waals surface area contributed by atoms with E-state index in [1.54, 1.807) is 22.8 Å². The molecule has 5 aromatic rings. The molecule has 6 rings (SSSR count). The number of aromatic amines is 1. The first-order chi connectivity index (χ1) is 17.1. The van der Waals surface area contributed by atoms with Crippen LogP contribution in [0.3, 0.4) is 0 Å². The van der Waals surface area contributed by atoms with Crippen LogP contribution >= 0.6 is 15.9 Å². The van der Waals surface area contributed by atoms with Gasteiger partial charge in [-0.3, -0.25) is 4.90 Å². The molecule has 0 aliphatic carbocycles. The number of fused-ring (bicyclic) bond motifs is 2. The van der Waals surface area contributed by atoms with Gasteiger partial charge in [-0.15, -0.1) is 0 Å². The predicted octanol–water partition coefficient (Wildman–Crippen LogP) is 5.22. The standard InChI is InChI=1S/C15H21N3.C12H8BrN3O/c1-16-14-6-9-18(10-7-14)11-13-4-2-3-12-5-8-17-15(12)13;13-9-7-14-16-6-5-10(15-12(9)16)8-3-1-2-4-11(8)17/h2-5,8,14,16-17H,6-7,9-11H2,1H3;1-7,17H. The lowest BCUT2D eigenvalue weighted by Crippen LogP contribution is -2.40. The number of aromatic nitrogens is 4. The number of halogens is 1. The predicted molar refractivity (Wildman–Crippen MR) is 143 cm³/mol. The van der Waals surface area contributed by atoms with Crippen molar-refractivity contribution in [2.24, 2.45) is 0 Å². The molecule has 0 atom stereocenters. The van der Waals surface area contributed by atoms with E-state index in [9.17, 15) is 5.11 Å². The number of phenols is 1. The summed E-state index contributed by atoms with van der Waals surface area (Å²) in [6.07, 6.45) is 8.06. The molecule has 1 saturated heterocycles. The van der Waals surface area contributed by atoms with E-state index in [0.717, 1.165) is 22.4 Å². The van der Waals surface area contributed by atoms with Crippen LogP contribution in [0.4, 0.5) is 0 Å². The van der Waals surface area contributed by atoms with Crippen LogP contribution in [-0.4, -0.2) is 55.8 Å². The highest BCUT2D eigenvalue weighted by Gasteiger charge is 2.18. The zero-order valence-corrected chi connectivity index (χ0v) is 21.2. The molecule has 8 heteroatoms. The molecular weight excluding hydrogens is 504 g/mol. The molecule has 0 bridgehead atoms. The maximum Gasteiger partial charge on any atom is 0.169 e. The molecule has 2 aromatic carbocycles. The zero-order chi connectivity index (χ0) is 24.2. The number of H-pyrrole nitrogens is 1. The van der Waals surface area contributed by atoms with Gasteiger partial charge in [0, 0.05) is 36.1 Å². The summed E-state index contributed by atoms with van der Waals surface area (Å²) < 4.78 is 2.50. The number of hydrogen-bond acceptors (Lipinski definition) is 5. The molecule has 4 heterocycles. The SMILES string of the molecule is CNC1CCN(Cc2cccc3cc[nH]c23)CC1.Oc1ccccc1-c1ccn2ncc(Br)c2n1. The first-order valence-corrected chi connectivity index (χ1v) is 12.6. The van der Waals surface area contributed by atoms with E-state index in [4.69, 9.17) is 0 Å². The Labute approximate surface area is 212 Å². The molecular formula is C27H29BrN6O. The Morgan fingerprint density at radius 1 is 1.09 bits per heavy atom. The average Bonchev–Trinajstić information content (AvgIpc) is 3.52. The number of benzene rings is 2. The molecule has 1 aliphatic heterocycles. The lowest BCUT2D eigenvalue weighted by molar-refractivity contribution is 0.195. The number of aromatic hydroxyl groups is 1. The summed E-state index contributed by atoms with van der Waals surface area (Å²) in [5.74, 6) is 0.222. The van der Waals surface area contributed by atoms with E-state index in [1.165, 1.54) is 42.4 Å². The maximum absolute atomic E-state index is 9.78. The van der Waals surface area contributed by atoms with E-state index in [0.29, 0.717) is 11.6 Å². The largest absolute Gasteiger partial charge is 0.507 e. The van der Waals surface area contributed by atoms with Gasteiger partial charge in [-0.05, 0) is 84.1 Å². The number of rotatable bonds is 4. The first-order valence-electron chi connectivity index (χ1n) is 11.8. The highest BCUT2D eigenvalue weighted by molar-refractivity contribution is 9.10. The number of hydrogen-bond donors (Lipinski definition) is 3. The molecule has 3 aromatic heterocycles. The minimum absolute atomic E-state index is 0.222. The third-order valence-electron chi connectivity index (χ3n) is 6.57. The minimum Gasteiger partial charge on any atom is -0.507 e. The second kappa shape index (κ2) is 10.6. The topological polar surface area (TPSA) is 81.5 Å². The summed E-state index contributed by atoms with van der Waals surface area (Å²) in [5.41, 5.74) is 4.87. The van der Waals surface area contributed by atoms with Crippen molar-refractivity contribution in [2.75, 3.05) is 20.1 Å². The van der Waals surface area contributed by atoms with Gasteiger partial charge in [-0.2, -0.15) is 5.10 Å². The van der Waals surface area contributed by atoms with Crippen molar-refractivity contribution < 1.29 is 5.11 Å². The summed E-state index contributed by atoms with van der Waals surface area (Å²) in [5, 5.41) is 18.6. The van der Waals surface area contributed by atoms with Gasteiger partial charge >= 0.3 is 0 Å². The van der Waals surface area contributed by atoms with Crippen molar-refractivity contribution in [3.63, 3.8) is 0 Å². The third-order valence-corrected chi connectivity index (χ3v) is 7.13. The second-order valence-corrected chi connectivity index (χ2v) is 9.64. The molecule has 0 spiro atoms. The summed E-state index contributed by atoms with van der Waals surface area (Å²) in [4.78, 5) is 10.4. The van der Waals surface area contributed by atoms with Crippen LogP contribution in [0.15, 0.2) is 77.7 Å². The Morgan fingerprint density at radius 2 is 1.91 bits per heavy atom. The van der Waals surface area contributed by atoms with E-state index < -0.39 is 0 Å². The number of piperidine rings is 1. The van der Waals surface area contributed by atoms with E-state index in [-0.39, 0.29) is 5.75 Å². The second-order valence-electron chi connectivity index (χ2n) is 8.79. The molecule has 0 unspecified atom stereocenters. The Kier molecular flexibility index (Phi) is 7.13. The molecule has 35 heavy (non-hydrogen) atoms. The molecule has 1 aliphatic rings. The quantitative estimate of drug-likeness (QED) is 0.295. The van der Waals surface area contributed by atoms with Gasteiger partial charge in [0.1, 0.15) is 5.75 Å². The van der Waals surface area contributed by atoms with Crippen LogP contribution in [0.1, 0.15) is 18.4 Å². The smallest absolute Gasteiger partial charge is 0.169 e.